The largest absolute Gasteiger partial charge is 0.465 e. The summed E-state index contributed by atoms with van der Waals surface area (Å²) in [5, 5.41) is 3.26. The lowest BCUT2D eigenvalue weighted by atomic mass is 10.1. The highest BCUT2D eigenvalue weighted by molar-refractivity contribution is 7.89. The smallest absolute Gasteiger partial charge is 0.348 e. The molecule has 0 saturated carbocycles. The number of methoxy groups -OCH3 is 1. The van der Waals surface area contributed by atoms with E-state index in [1.54, 1.807) is 18.2 Å². The van der Waals surface area contributed by atoms with Crippen molar-refractivity contribution in [1.82, 2.24) is 4.31 Å². The van der Waals surface area contributed by atoms with Crippen LogP contribution in [-0.2, 0) is 14.8 Å². The average Bonchev–Trinajstić information content (AvgIpc) is 3.21. The van der Waals surface area contributed by atoms with Gasteiger partial charge < -0.3 is 15.0 Å². The minimum absolute atomic E-state index is 0.0554. The maximum absolute atomic E-state index is 13.1. The van der Waals surface area contributed by atoms with Crippen molar-refractivity contribution in [2.75, 3.05) is 44.5 Å². The molecule has 2 heterocycles. The van der Waals surface area contributed by atoms with Gasteiger partial charge in [0, 0.05) is 32.9 Å². The first-order chi connectivity index (χ1) is 14.2. The van der Waals surface area contributed by atoms with E-state index in [2.05, 4.69) is 10.2 Å². The molecule has 162 valence electrons. The summed E-state index contributed by atoms with van der Waals surface area (Å²) in [5.74, 6) is -0.904. The van der Waals surface area contributed by atoms with Crippen LogP contribution in [0.2, 0.25) is 0 Å². The van der Waals surface area contributed by atoms with E-state index in [0.717, 1.165) is 48.0 Å². The number of thiophene rings is 1. The van der Waals surface area contributed by atoms with Crippen LogP contribution in [0.25, 0.3) is 0 Å². The Bertz CT molecular complexity index is 1040. The fourth-order valence-electron chi connectivity index (χ4n) is 3.27. The van der Waals surface area contributed by atoms with E-state index in [4.69, 9.17) is 4.74 Å². The normalized spacial score (nSPS) is 14.6. The van der Waals surface area contributed by atoms with E-state index in [0.29, 0.717) is 15.6 Å². The van der Waals surface area contributed by atoms with Gasteiger partial charge in [0.2, 0.25) is 10.0 Å². The Balaban J connectivity index is 1.97. The standard InChI is InChI=1S/C20H25N3O5S2/c1-22(2)30(26,27)14-7-8-16(23-11-5-4-6-12-23)15(13-14)19(24)21-18-10-9-17(29-18)20(25)28-3/h7-10,13H,4-6,11-12H2,1-3H3,(H,21,24). The van der Waals surface area contributed by atoms with Crippen molar-refractivity contribution < 1.29 is 22.7 Å². The average molecular weight is 452 g/mol. The number of esters is 1. The Morgan fingerprint density at radius 1 is 1.10 bits per heavy atom. The second-order valence-electron chi connectivity index (χ2n) is 7.12. The maximum Gasteiger partial charge on any atom is 0.348 e. The second-order valence-corrected chi connectivity index (χ2v) is 10.4. The minimum atomic E-state index is -3.69. The number of hydrogen-bond acceptors (Lipinski definition) is 7. The predicted molar refractivity (Wildman–Crippen MR) is 117 cm³/mol. The van der Waals surface area contributed by atoms with Gasteiger partial charge >= 0.3 is 5.97 Å². The van der Waals surface area contributed by atoms with Gasteiger partial charge in [0.15, 0.2) is 0 Å². The van der Waals surface area contributed by atoms with Crippen molar-refractivity contribution in [3.05, 3.63) is 40.8 Å². The zero-order valence-electron chi connectivity index (χ0n) is 17.2. The van der Waals surface area contributed by atoms with Gasteiger partial charge in [-0.15, -0.1) is 11.3 Å². The number of rotatable bonds is 6. The van der Waals surface area contributed by atoms with Crippen LogP contribution in [0.1, 0.15) is 39.3 Å². The van der Waals surface area contributed by atoms with Crippen LogP contribution in [0.3, 0.4) is 0 Å². The minimum Gasteiger partial charge on any atom is -0.465 e. The number of amides is 1. The summed E-state index contributed by atoms with van der Waals surface area (Å²) >= 11 is 1.10. The van der Waals surface area contributed by atoms with Crippen molar-refractivity contribution in [3.63, 3.8) is 0 Å². The van der Waals surface area contributed by atoms with Gasteiger partial charge in [-0.05, 0) is 49.6 Å². The summed E-state index contributed by atoms with van der Waals surface area (Å²) in [7, 11) is 0.510. The molecule has 0 spiro atoms. The van der Waals surface area contributed by atoms with Crippen molar-refractivity contribution >= 4 is 43.9 Å². The van der Waals surface area contributed by atoms with E-state index in [-0.39, 0.29) is 10.5 Å². The van der Waals surface area contributed by atoms with Crippen LogP contribution in [0.5, 0.6) is 0 Å². The molecule has 2 aromatic rings. The van der Waals surface area contributed by atoms with Gasteiger partial charge in [-0.2, -0.15) is 0 Å². The van der Waals surface area contributed by atoms with Gasteiger partial charge in [0.25, 0.3) is 5.91 Å². The summed E-state index contributed by atoms with van der Waals surface area (Å²) in [6, 6.07) is 7.85. The Morgan fingerprint density at radius 2 is 1.80 bits per heavy atom. The zero-order chi connectivity index (χ0) is 21.9. The lowest BCUT2D eigenvalue weighted by Gasteiger charge is -2.30. The Kier molecular flexibility index (Phi) is 6.79. The molecule has 0 atom stereocenters. The van der Waals surface area contributed by atoms with Crippen LogP contribution < -0.4 is 10.2 Å². The van der Waals surface area contributed by atoms with E-state index in [1.165, 1.54) is 33.3 Å². The molecular formula is C20H25N3O5S2. The van der Waals surface area contributed by atoms with Gasteiger partial charge in [0.05, 0.1) is 22.6 Å². The Morgan fingerprint density at radius 3 is 2.43 bits per heavy atom. The second kappa shape index (κ2) is 9.15. The topological polar surface area (TPSA) is 96.0 Å². The number of carbonyl (C=O) groups excluding carboxylic acids is 2. The molecule has 0 radical (unpaired) electrons. The highest BCUT2D eigenvalue weighted by Crippen LogP contribution is 2.30. The number of piperidine rings is 1. The number of hydrogen-bond donors (Lipinski definition) is 1. The summed E-state index contributed by atoms with van der Waals surface area (Å²) in [6.45, 7) is 1.62. The van der Waals surface area contributed by atoms with Crippen molar-refractivity contribution in [2.24, 2.45) is 0 Å². The molecule has 0 unspecified atom stereocenters. The third-order valence-electron chi connectivity index (χ3n) is 4.92. The van der Waals surface area contributed by atoms with E-state index in [9.17, 15) is 18.0 Å². The number of ether oxygens (including phenoxy) is 1. The zero-order valence-corrected chi connectivity index (χ0v) is 18.8. The fraction of sp³-hybridized carbons (Fsp3) is 0.400. The van der Waals surface area contributed by atoms with Crippen LogP contribution >= 0.6 is 11.3 Å². The Hall–Kier alpha value is -2.43. The first kappa shape index (κ1) is 22.3. The quantitative estimate of drug-likeness (QED) is 0.679. The van der Waals surface area contributed by atoms with E-state index >= 15 is 0 Å². The summed E-state index contributed by atoms with van der Waals surface area (Å²) in [6.07, 6.45) is 3.18. The molecule has 1 N–H and O–H groups in total. The number of nitrogens with one attached hydrogen (secondary N) is 1. The monoisotopic (exact) mass is 451 g/mol. The summed E-state index contributed by atoms with van der Waals surface area (Å²) in [5.41, 5.74) is 0.988. The molecule has 8 nitrogen and oxygen atoms in total. The molecule has 1 aliphatic heterocycles. The van der Waals surface area contributed by atoms with Gasteiger partial charge in [-0.1, -0.05) is 0 Å². The van der Waals surface area contributed by atoms with E-state index < -0.39 is 21.9 Å². The lowest BCUT2D eigenvalue weighted by molar-refractivity contribution is 0.0606. The highest BCUT2D eigenvalue weighted by Gasteiger charge is 2.24. The molecule has 1 aromatic heterocycles. The summed E-state index contributed by atoms with van der Waals surface area (Å²) < 4.78 is 31.0. The third-order valence-corrected chi connectivity index (χ3v) is 7.71. The summed E-state index contributed by atoms with van der Waals surface area (Å²) in [4.78, 5) is 27.3. The molecule has 1 fully saturated rings. The molecule has 30 heavy (non-hydrogen) atoms. The molecule has 0 aliphatic carbocycles. The van der Waals surface area contributed by atoms with E-state index in [1.807, 2.05) is 0 Å². The number of anilines is 2. The Labute approximate surface area is 180 Å². The molecule has 3 rings (SSSR count). The molecule has 1 aliphatic rings. The fourth-order valence-corrected chi connectivity index (χ4v) is 5.02. The highest BCUT2D eigenvalue weighted by atomic mass is 32.2. The molecule has 1 aromatic carbocycles. The van der Waals surface area contributed by atoms with Crippen molar-refractivity contribution in [1.29, 1.82) is 0 Å². The van der Waals surface area contributed by atoms with Crippen molar-refractivity contribution in [2.45, 2.75) is 24.2 Å². The molecular weight excluding hydrogens is 426 g/mol. The molecule has 10 heteroatoms. The van der Waals surface area contributed by atoms with Gasteiger partial charge in [0.1, 0.15) is 4.88 Å². The van der Waals surface area contributed by atoms with Gasteiger partial charge in [-0.3, -0.25) is 4.79 Å². The lowest BCUT2D eigenvalue weighted by Crippen LogP contribution is -2.32. The SMILES string of the molecule is COC(=O)c1ccc(NC(=O)c2cc(S(=O)(=O)N(C)C)ccc2N2CCCCC2)s1. The van der Waals surface area contributed by atoms with Crippen molar-refractivity contribution in [3.8, 4) is 0 Å². The van der Waals surface area contributed by atoms with Crippen LogP contribution in [0, 0.1) is 0 Å². The molecule has 1 saturated heterocycles. The number of nitrogens with zero attached hydrogens (tertiary/aromatic N) is 2. The van der Waals surface area contributed by atoms with Gasteiger partial charge in [-0.25, -0.2) is 17.5 Å². The molecule has 1 amide bonds. The van der Waals surface area contributed by atoms with Crippen LogP contribution in [0.4, 0.5) is 10.7 Å². The molecule has 0 bridgehead atoms. The number of sulfonamides is 1. The first-order valence-corrected chi connectivity index (χ1v) is 11.8. The van der Waals surface area contributed by atoms with Crippen LogP contribution in [-0.4, -0.2) is 58.9 Å². The number of carbonyl (C=O) groups is 2. The first-order valence-electron chi connectivity index (χ1n) is 9.55. The third kappa shape index (κ3) is 4.66. The van der Waals surface area contributed by atoms with Crippen LogP contribution in [0.15, 0.2) is 35.2 Å². The number of benzene rings is 1. The predicted octanol–water partition coefficient (Wildman–Crippen LogP) is 3.03. The maximum atomic E-state index is 13.1.